The standard InChI is InChI=1S/C15H20N4O3/c1-4-9-21-12-8-6-5-7-11(12)19-14(16)13(17-18-19)15(20)22-10(2)3/h5-8,10H,4,9,16H2,1-3H3. The monoisotopic (exact) mass is 304 g/mol. The van der Waals surface area contributed by atoms with Crippen LogP contribution in [0.4, 0.5) is 5.82 Å². The number of aromatic nitrogens is 3. The molecular weight excluding hydrogens is 284 g/mol. The third-order valence-corrected chi connectivity index (χ3v) is 2.80. The molecule has 1 heterocycles. The fourth-order valence-corrected chi connectivity index (χ4v) is 1.85. The Morgan fingerprint density at radius 3 is 2.77 bits per heavy atom. The van der Waals surface area contributed by atoms with Crippen molar-refractivity contribution in [2.45, 2.75) is 33.3 Å². The van der Waals surface area contributed by atoms with Gasteiger partial charge in [0, 0.05) is 0 Å². The molecule has 1 aromatic heterocycles. The first-order valence-corrected chi connectivity index (χ1v) is 7.19. The van der Waals surface area contributed by atoms with Crippen molar-refractivity contribution in [2.24, 2.45) is 0 Å². The van der Waals surface area contributed by atoms with Gasteiger partial charge in [0.15, 0.2) is 5.82 Å². The highest BCUT2D eigenvalue weighted by atomic mass is 16.5. The molecule has 0 atom stereocenters. The Kier molecular flexibility index (Phi) is 4.98. The van der Waals surface area contributed by atoms with Crippen LogP contribution in [0.2, 0.25) is 0 Å². The molecule has 2 N–H and O–H groups in total. The van der Waals surface area contributed by atoms with Gasteiger partial charge in [-0.05, 0) is 32.4 Å². The van der Waals surface area contributed by atoms with E-state index in [0.29, 0.717) is 18.0 Å². The van der Waals surface area contributed by atoms with Crippen molar-refractivity contribution in [1.82, 2.24) is 15.0 Å². The van der Waals surface area contributed by atoms with Crippen LogP contribution in [0.1, 0.15) is 37.7 Å². The predicted molar refractivity (Wildman–Crippen MR) is 82.1 cm³/mol. The molecule has 0 radical (unpaired) electrons. The summed E-state index contributed by atoms with van der Waals surface area (Å²) in [6.07, 6.45) is 0.630. The molecule has 0 fully saturated rings. The zero-order valence-electron chi connectivity index (χ0n) is 12.9. The van der Waals surface area contributed by atoms with Crippen molar-refractivity contribution < 1.29 is 14.3 Å². The van der Waals surface area contributed by atoms with Crippen molar-refractivity contribution in [1.29, 1.82) is 0 Å². The highest BCUT2D eigenvalue weighted by Crippen LogP contribution is 2.25. The van der Waals surface area contributed by atoms with Crippen LogP contribution in [0.5, 0.6) is 5.75 Å². The van der Waals surface area contributed by atoms with Crippen LogP contribution in [0.15, 0.2) is 24.3 Å². The summed E-state index contributed by atoms with van der Waals surface area (Å²) in [6.45, 7) is 6.11. The minimum Gasteiger partial charge on any atom is -0.491 e. The second-order valence-corrected chi connectivity index (χ2v) is 5.01. The largest absolute Gasteiger partial charge is 0.491 e. The summed E-state index contributed by atoms with van der Waals surface area (Å²) in [4.78, 5) is 11.9. The highest BCUT2D eigenvalue weighted by Gasteiger charge is 2.21. The van der Waals surface area contributed by atoms with E-state index in [9.17, 15) is 4.79 Å². The smallest absolute Gasteiger partial charge is 0.363 e. The van der Waals surface area contributed by atoms with Crippen LogP contribution in [0.3, 0.4) is 0 Å². The van der Waals surface area contributed by atoms with Gasteiger partial charge >= 0.3 is 5.97 Å². The topological polar surface area (TPSA) is 92.3 Å². The van der Waals surface area contributed by atoms with E-state index in [1.165, 1.54) is 4.68 Å². The van der Waals surface area contributed by atoms with Gasteiger partial charge in [-0.25, -0.2) is 4.79 Å². The molecule has 0 aliphatic rings. The normalized spacial score (nSPS) is 10.7. The Labute approximate surface area is 129 Å². The van der Waals surface area contributed by atoms with E-state index in [0.717, 1.165) is 6.42 Å². The summed E-state index contributed by atoms with van der Waals surface area (Å²) < 4.78 is 12.1. The molecule has 0 aliphatic carbocycles. The highest BCUT2D eigenvalue weighted by molar-refractivity contribution is 5.92. The van der Waals surface area contributed by atoms with Gasteiger partial charge in [-0.15, -0.1) is 5.10 Å². The lowest BCUT2D eigenvalue weighted by molar-refractivity contribution is 0.0372. The van der Waals surface area contributed by atoms with Crippen LogP contribution in [0, 0.1) is 0 Å². The summed E-state index contributed by atoms with van der Waals surface area (Å²) in [5, 5.41) is 7.77. The van der Waals surface area contributed by atoms with Gasteiger partial charge < -0.3 is 15.2 Å². The van der Waals surface area contributed by atoms with Crippen molar-refractivity contribution >= 4 is 11.8 Å². The maximum Gasteiger partial charge on any atom is 0.363 e. The molecule has 2 aromatic rings. The summed E-state index contributed by atoms with van der Waals surface area (Å²) in [5.41, 5.74) is 6.62. The average molecular weight is 304 g/mol. The van der Waals surface area contributed by atoms with Crippen molar-refractivity contribution in [3.63, 3.8) is 0 Å². The molecule has 7 heteroatoms. The molecule has 2 rings (SSSR count). The summed E-state index contributed by atoms with van der Waals surface area (Å²) in [6, 6.07) is 7.31. The van der Waals surface area contributed by atoms with Crippen LogP contribution >= 0.6 is 0 Å². The molecule has 0 aliphatic heterocycles. The summed E-state index contributed by atoms with van der Waals surface area (Å²) in [7, 11) is 0. The number of nitrogens with two attached hydrogens (primary N) is 1. The number of ether oxygens (including phenoxy) is 2. The number of anilines is 1. The Hall–Kier alpha value is -2.57. The van der Waals surface area contributed by atoms with E-state index < -0.39 is 5.97 Å². The quantitative estimate of drug-likeness (QED) is 0.822. The third-order valence-electron chi connectivity index (χ3n) is 2.80. The van der Waals surface area contributed by atoms with E-state index >= 15 is 0 Å². The molecule has 0 spiro atoms. The molecule has 0 bridgehead atoms. The van der Waals surface area contributed by atoms with E-state index in [4.69, 9.17) is 15.2 Å². The van der Waals surface area contributed by atoms with Crippen molar-refractivity contribution in [2.75, 3.05) is 12.3 Å². The molecule has 1 aromatic carbocycles. The fraction of sp³-hybridized carbons (Fsp3) is 0.400. The summed E-state index contributed by atoms with van der Waals surface area (Å²) in [5.74, 6) is 0.161. The minimum atomic E-state index is -0.592. The van der Waals surface area contributed by atoms with E-state index in [2.05, 4.69) is 10.3 Å². The number of esters is 1. The molecule has 0 saturated heterocycles. The number of benzene rings is 1. The Morgan fingerprint density at radius 1 is 1.36 bits per heavy atom. The maximum absolute atomic E-state index is 11.9. The van der Waals surface area contributed by atoms with Crippen molar-refractivity contribution in [3.8, 4) is 11.4 Å². The Balaban J connectivity index is 2.35. The first-order chi connectivity index (χ1) is 10.5. The lowest BCUT2D eigenvalue weighted by Crippen LogP contribution is -2.14. The third kappa shape index (κ3) is 3.36. The lowest BCUT2D eigenvalue weighted by atomic mass is 10.3. The number of para-hydroxylation sites is 2. The molecular formula is C15H20N4O3. The number of nitrogen functional groups attached to an aromatic ring is 1. The predicted octanol–water partition coefficient (Wildman–Crippen LogP) is 2.20. The fourth-order valence-electron chi connectivity index (χ4n) is 1.85. The van der Waals surface area contributed by atoms with Crippen LogP contribution < -0.4 is 10.5 Å². The molecule has 0 amide bonds. The lowest BCUT2D eigenvalue weighted by Gasteiger charge is -2.11. The number of hydrogen-bond donors (Lipinski definition) is 1. The SMILES string of the molecule is CCCOc1ccccc1-n1nnc(C(=O)OC(C)C)c1N. The number of carbonyl (C=O) groups excluding carboxylic acids is 1. The molecule has 22 heavy (non-hydrogen) atoms. The van der Waals surface area contributed by atoms with Gasteiger partial charge in [-0.2, -0.15) is 4.68 Å². The zero-order valence-corrected chi connectivity index (χ0v) is 12.9. The van der Waals surface area contributed by atoms with Crippen LogP contribution in [-0.2, 0) is 4.74 Å². The molecule has 118 valence electrons. The number of nitrogens with zero attached hydrogens (tertiary/aromatic N) is 3. The van der Waals surface area contributed by atoms with Crippen LogP contribution in [-0.4, -0.2) is 33.7 Å². The van der Waals surface area contributed by atoms with Gasteiger partial charge in [0.1, 0.15) is 11.4 Å². The van der Waals surface area contributed by atoms with Gasteiger partial charge in [-0.1, -0.05) is 24.3 Å². The first kappa shape index (κ1) is 15.8. The van der Waals surface area contributed by atoms with E-state index in [-0.39, 0.29) is 17.6 Å². The van der Waals surface area contributed by atoms with Crippen LogP contribution in [0.25, 0.3) is 5.69 Å². The number of rotatable bonds is 6. The molecule has 0 unspecified atom stereocenters. The average Bonchev–Trinajstić information content (AvgIpc) is 2.86. The van der Waals surface area contributed by atoms with E-state index in [1.807, 2.05) is 25.1 Å². The minimum absolute atomic E-state index is 0.000931. The number of carbonyl (C=O) groups is 1. The maximum atomic E-state index is 11.9. The molecule has 0 saturated carbocycles. The first-order valence-electron chi connectivity index (χ1n) is 7.19. The second kappa shape index (κ2) is 6.93. The summed E-state index contributed by atoms with van der Waals surface area (Å²) >= 11 is 0. The van der Waals surface area contributed by atoms with Gasteiger partial charge in [0.2, 0.25) is 5.69 Å². The number of hydrogen-bond acceptors (Lipinski definition) is 6. The zero-order chi connectivity index (χ0) is 16.1. The van der Waals surface area contributed by atoms with Gasteiger partial charge in [0.05, 0.1) is 12.7 Å². The Morgan fingerprint density at radius 2 is 2.09 bits per heavy atom. The second-order valence-electron chi connectivity index (χ2n) is 5.01. The van der Waals surface area contributed by atoms with E-state index in [1.54, 1.807) is 19.9 Å². The van der Waals surface area contributed by atoms with Gasteiger partial charge in [-0.3, -0.25) is 0 Å². The Bertz CT molecular complexity index is 652. The van der Waals surface area contributed by atoms with Crippen molar-refractivity contribution in [3.05, 3.63) is 30.0 Å². The molecule has 7 nitrogen and oxygen atoms in total. The van der Waals surface area contributed by atoms with Gasteiger partial charge in [0.25, 0.3) is 0 Å².